The molecule has 2 aromatic rings. The van der Waals surface area contributed by atoms with Gasteiger partial charge in [-0.15, -0.1) is 0 Å². The Labute approximate surface area is 130 Å². The minimum absolute atomic E-state index is 0.232. The van der Waals surface area contributed by atoms with Crippen molar-refractivity contribution >= 4 is 57.9 Å². The molecule has 0 aliphatic rings. The molecule has 0 fully saturated rings. The van der Waals surface area contributed by atoms with Gasteiger partial charge in [-0.25, -0.2) is 0 Å². The zero-order valence-corrected chi connectivity index (χ0v) is 12.4. The summed E-state index contributed by atoms with van der Waals surface area (Å²) in [6.07, 6.45) is 0. The Morgan fingerprint density at radius 1 is 0.789 bits per heavy atom. The van der Waals surface area contributed by atoms with E-state index in [4.69, 9.17) is 52.1 Å². The van der Waals surface area contributed by atoms with Gasteiger partial charge in [0.2, 0.25) is 0 Å². The van der Waals surface area contributed by atoms with E-state index in [-0.39, 0.29) is 21.5 Å². The quantitative estimate of drug-likeness (QED) is 0.612. The Kier molecular flexibility index (Phi) is 4.26. The van der Waals surface area contributed by atoms with E-state index in [0.29, 0.717) is 21.2 Å². The van der Waals surface area contributed by atoms with Crippen LogP contribution in [0.2, 0.25) is 20.1 Å². The molecule has 2 rings (SSSR count). The number of nitrogen functional groups attached to an aromatic ring is 1. The van der Waals surface area contributed by atoms with Crippen LogP contribution >= 0.6 is 46.4 Å². The lowest BCUT2D eigenvalue weighted by molar-refractivity contribution is 0.103. The molecule has 0 unspecified atom stereocenters. The monoisotopic (exact) mass is 333 g/mol. The van der Waals surface area contributed by atoms with E-state index in [2.05, 4.69) is 0 Å². The summed E-state index contributed by atoms with van der Waals surface area (Å²) in [6.45, 7) is 0. The molecule has 19 heavy (non-hydrogen) atoms. The first-order chi connectivity index (χ1) is 8.90. The van der Waals surface area contributed by atoms with Gasteiger partial charge in [0.15, 0.2) is 5.78 Å². The van der Waals surface area contributed by atoms with E-state index in [9.17, 15) is 4.79 Å². The summed E-state index contributed by atoms with van der Waals surface area (Å²) >= 11 is 23.5. The molecule has 0 atom stereocenters. The highest BCUT2D eigenvalue weighted by atomic mass is 35.5. The van der Waals surface area contributed by atoms with Crippen LogP contribution < -0.4 is 5.73 Å². The molecular formula is C13H7Cl4NO. The van der Waals surface area contributed by atoms with Crippen molar-refractivity contribution in [3.63, 3.8) is 0 Å². The number of ketones is 1. The van der Waals surface area contributed by atoms with Gasteiger partial charge in [-0.2, -0.15) is 0 Å². The average Bonchev–Trinajstić information content (AvgIpc) is 2.37. The number of anilines is 1. The molecule has 2 nitrogen and oxygen atoms in total. The minimum Gasteiger partial charge on any atom is -0.396 e. The van der Waals surface area contributed by atoms with Gasteiger partial charge in [0.05, 0.1) is 25.8 Å². The molecule has 0 spiro atoms. The maximum Gasteiger partial charge on any atom is 0.193 e. The lowest BCUT2D eigenvalue weighted by Gasteiger charge is -2.06. The van der Waals surface area contributed by atoms with Crippen molar-refractivity contribution in [2.75, 3.05) is 5.73 Å². The second-order valence-corrected chi connectivity index (χ2v) is 5.44. The Bertz CT molecular complexity index is 647. The van der Waals surface area contributed by atoms with E-state index >= 15 is 0 Å². The highest BCUT2D eigenvalue weighted by molar-refractivity contribution is 6.42. The van der Waals surface area contributed by atoms with Crippen molar-refractivity contribution in [1.29, 1.82) is 0 Å². The SMILES string of the molecule is Nc1c(Cl)cc(C(=O)c2ccc(Cl)c(Cl)c2)cc1Cl. The highest BCUT2D eigenvalue weighted by Gasteiger charge is 2.14. The van der Waals surface area contributed by atoms with Crippen LogP contribution in [0.3, 0.4) is 0 Å². The predicted octanol–water partition coefficient (Wildman–Crippen LogP) is 5.11. The number of carbonyl (C=O) groups excluding carboxylic acids is 1. The van der Waals surface area contributed by atoms with Crippen molar-refractivity contribution in [3.05, 3.63) is 61.5 Å². The number of hydrogen-bond acceptors (Lipinski definition) is 2. The predicted molar refractivity (Wildman–Crippen MR) is 80.8 cm³/mol. The molecule has 2 aromatic carbocycles. The Balaban J connectivity index is 2.47. The van der Waals surface area contributed by atoms with Crippen molar-refractivity contribution in [2.24, 2.45) is 0 Å². The summed E-state index contributed by atoms with van der Waals surface area (Å²) in [4.78, 5) is 12.3. The lowest BCUT2D eigenvalue weighted by atomic mass is 10.0. The van der Waals surface area contributed by atoms with Crippen LogP contribution in [-0.2, 0) is 0 Å². The third-order valence-electron chi connectivity index (χ3n) is 2.52. The zero-order valence-electron chi connectivity index (χ0n) is 9.38. The Morgan fingerprint density at radius 2 is 1.32 bits per heavy atom. The van der Waals surface area contributed by atoms with Gasteiger partial charge in [0.25, 0.3) is 0 Å². The summed E-state index contributed by atoms with van der Waals surface area (Å²) in [5.41, 5.74) is 6.59. The van der Waals surface area contributed by atoms with Crippen LogP contribution in [0, 0.1) is 0 Å². The van der Waals surface area contributed by atoms with Crippen LogP contribution in [0.1, 0.15) is 15.9 Å². The number of halogens is 4. The third kappa shape index (κ3) is 2.98. The molecule has 2 N–H and O–H groups in total. The fourth-order valence-electron chi connectivity index (χ4n) is 1.52. The Morgan fingerprint density at radius 3 is 1.84 bits per heavy atom. The number of benzene rings is 2. The minimum atomic E-state index is -0.262. The molecule has 0 bridgehead atoms. The van der Waals surface area contributed by atoms with Crippen LogP contribution in [0.5, 0.6) is 0 Å². The second kappa shape index (κ2) is 5.59. The van der Waals surface area contributed by atoms with E-state index in [0.717, 1.165) is 0 Å². The standard InChI is InChI=1S/C13H7Cl4NO/c14-8-2-1-6(3-9(8)15)13(19)7-4-10(16)12(18)11(17)5-7/h1-5H,18H2. The van der Waals surface area contributed by atoms with Gasteiger partial charge in [-0.1, -0.05) is 46.4 Å². The van der Waals surface area contributed by atoms with Crippen molar-refractivity contribution in [1.82, 2.24) is 0 Å². The topological polar surface area (TPSA) is 43.1 Å². The molecule has 0 aromatic heterocycles. The molecule has 0 amide bonds. The van der Waals surface area contributed by atoms with Gasteiger partial charge >= 0.3 is 0 Å². The largest absolute Gasteiger partial charge is 0.396 e. The van der Waals surface area contributed by atoms with E-state index in [1.807, 2.05) is 0 Å². The third-order valence-corrected chi connectivity index (χ3v) is 3.89. The van der Waals surface area contributed by atoms with Crippen molar-refractivity contribution < 1.29 is 4.79 Å². The first-order valence-corrected chi connectivity index (χ1v) is 6.65. The fraction of sp³-hybridized carbons (Fsp3) is 0. The summed E-state index contributed by atoms with van der Waals surface area (Å²) in [5.74, 6) is -0.262. The first-order valence-electron chi connectivity index (χ1n) is 5.14. The normalized spacial score (nSPS) is 10.5. The first kappa shape index (κ1) is 14.5. The molecular weight excluding hydrogens is 328 g/mol. The lowest BCUT2D eigenvalue weighted by Crippen LogP contribution is -2.02. The molecule has 0 heterocycles. The maximum atomic E-state index is 12.3. The summed E-state index contributed by atoms with van der Waals surface area (Å²) in [6, 6.07) is 7.55. The van der Waals surface area contributed by atoms with Crippen LogP contribution in [0.25, 0.3) is 0 Å². The van der Waals surface area contributed by atoms with Gasteiger partial charge < -0.3 is 5.73 Å². The number of nitrogens with two attached hydrogens (primary N) is 1. The molecule has 0 saturated heterocycles. The Hall–Kier alpha value is -0.930. The summed E-state index contributed by atoms with van der Waals surface area (Å²) in [7, 11) is 0. The van der Waals surface area contributed by atoms with E-state index < -0.39 is 0 Å². The average molecular weight is 335 g/mol. The summed E-state index contributed by atoms with van der Waals surface area (Å²) < 4.78 is 0. The van der Waals surface area contributed by atoms with Crippen LogP contribution in [0.15, 0.2) is 30.3 Å². The van der Waals surface area contributed by atoms with Crippen molar-refractivity contribution in [2.45, 2.75) is 0 Å². The van der Waals surface area contributed by atoms with Gasteiger partial charge in [0.1, 0.15) is 0 Å². The molecule has 0 radical (unpaired) electrons. The zero-order chi connectivity index (χ0) is 14.2. The number of carbonyl (C=O) groups is 1. The molecule has 6 heteroatoms. The summed E-state index contributed by atoms with van der Waals surface area (Å²) in [5, 5.41) is 1.15. The van der Waals surface area contributed by atoms with Gasteiger partial charge in [0, 0.05) is 11.1 Å². The highest BCUT2D eigenvalue weighted by Crippen LogP contribution is 2.30. The molecule has 98 valence electrons. The molecule has 0 aliphatic carbocycles. The van der Waals surface area contributed by atoms with Crippen molar-refractivity contribution in [3.8, 4) is 0 Å². The smallest absolute Gasteiger partial charge is 0.193 e. The van der Waals surface area contributed by atoms with Crippen LogP contribution in [-0.4, -0.2) is 5.78 Å². The fourth-order valence-corrected chi connectivity index (χ4v) is 2.30. The number of hydrogen-bond donors (Lipinski definition) is 1. The van der Waals surface area contributed by atoms with Gasteiger partial charge in [-0.3, -0.25) is 4.79 Å². The van der Waals surface area contributed by atoms with Gasteiger partial charge in [-0.05, 0) is 30.3 Å². The molecule has 0 aliphatic heterocycles. The maximum absolute atomic E-state index is 12.3. The van der Waals surface area contributed by atoms with E-state index in [1.165, 1.54) is 18.2 Å². The van der Waals surface area contributed by atoms with Crippen LogP contribution in [0.4, 0.5) is 5.69 Å². The number of rotatable bonds is 2. The second-order valence-electron chi connectivity index (χ2n) is 3.81. The van der Waals surface area contributed by atoms with E-state index in [1.54, 1.807) is 12.1 Å². The molecule has 0 saturated carbocycles.